The van der Waals surface area contributed by atoms with E-state index in [4.69, 9.17) is 10.00 Å². The van der Waals surface area contributed by atoms with E-state index >= 15 is 0 Å². The van der Waals surface area contributed by atoms with Crippen LogP contribution in [-0.4, -0.2) is 29.7 Å². The minimum atomic E-state index is -0.636. The Morgan fingerprint density at radius 1 is 1.71 bits per heavy atom. The third-order valence-electron chi connectivity index (χ3n) is 2.60. The summed E-state index contributed by atoms with van der Waals surface area (Å²) >= 11 is 0. The van der Waals surface area contributed by atoms with Crippen LogP contribution in [0.2, 0.25) is 0 Å². The first-order valence-corrected chi connectivity index (χ1v) is 4.99. The van der Waals surface area contributed by atoms with Crippen LogP contribution >= 0.6 is 0 Å². The number of hydrogen-bond acceptors (Lipinski definition) is 3. The van der Waals surface area contributed by atoms with Crippen LogP contribution in [0.25, 0.3) is 0 Å². The van der Waals surface area contributed by atoms with Crippen molar-refractivity contribution in [3.05, 3.63) is 0 Å². The van der Waals surface area contributed by atoms with E-state index in [-0.39, 0.29) is 6.09 Å². The number of nitriles is 1. The monoisotopic (exact) mass is 196 g/mol. The van der Waals surface area contributed by atoms with Gasteiger partial charge in [0.2, 0.25) is 0 Å². The third-order valence-corrected chi connectivity index (χ3v) is 2.60. The number of unbranched alkanes of at least 4 members (excludes halogenated alkanes) is 1. The number of hydrogen-bond donors (Lipinski definition) is 0. The fourth-order valence-electron chi connectivity index (χ4n) is 1.35. The molecule has 0 aromatic heterocycles. The van der Waals surface area contributed by atoms with E-state index in [0.717, 1.165) is 19.3 Å². The van der Waals surface area contributed by atoms with E-state index in [2.05, 4.69) is 6.07 Å². The Morgan fingerprint density at radius 3 is 2.86 bits per heavy atom. The second-order valence-corrected chi connectivity index (χ2v) is 3.76. The Labute approximate surface area is 84.4 Å². The van der Waals surface area contributed by atoms with Gasteiger partial charge in [-0.2, -0.15) is 5.26 Å². The highest BCUT2D eigenvalue weighted by Crippen LogP contribution is 2.29. The Morgan fingerprint density at radius 2 is 2.43 bits per heavy atom. The van der Waals surface area contributed by atoms with Crippen LogP contribution in [0.5, 0.6) is 0 Å². The molecule has 0 bridgehead atoms. The third kappa shape index (κ3) is 1.98. The van der Waals surface area contributed by atoms with Crippen molar-refractivity contribution >= 4 is 6.09 Å². The molecule has 0 saturated carbocycles. The van der Waals surface area contributed by atoms with Crippen molar-refractivity contribution in [3.8, 4) is 6.07 Å². The summed E-state index contributed by atoms with van der Waals surface area (Å²) in [5, 5.41) is 8.84. The lowest BCUT2D eigenvalue weighted by molar-refractivity contribution is 0.0247. The van der Waals surface area contributed by atoms with Crippen molar-refractivity contribution in [2.45, 2.75) is 38.6 Å². The summed E-state index contributed by atoms with van der Waals surface area (Å²) in [5.41, 5.74) is -0.636. The second kappa shape index (κ2) is 4.32. The number of carbonyl (C=O) groups excluding carboxylic acids is 1. The molecule has 1 amide bonds. The first-order chi connectivity index (χ1) is 6.64. The van der Waals surface area contributed by atoms with E-state index in [1.807, 2.05) is 6.92 Å². The Kier molecular flexibility index (Phi) is 3.34. The topological polar surface area (TPSA) is 53.3 Å². The smallest absolute Gasteiger partial charge is 0.411 e. The SMILES string of the molecule is CCCCOC(=O)N1CCC1(C)C#N. The van der Waals surface area contributed by atoms with Gasteiger partial charge in [0, 0.05) is 13.0 Å². The van der Waals surface area contributed by atoms with Gasteiger partial charge in [-0.15, -0.1) is 0 Å². The fourth-order valence-corrected chi connectivity index (χ4v) is 1.35. The summed E-state index contributed by atoms with van der Waals surface area (Å²) in [6.07, 6.45) is 2.27. The molecule has 1 heterocycles. The normalized spacial score (nSPS) is 25.1. The molecule has 1 rings (SSSR count). The number of carbonyl (C=O) groups is 1. The molecule has 4 heteroatoms. The van der Waals surface area contributed by atoms with E-state index in [0.29, 0.717) is 13.2 Å². The van der Waals surface area contributed by atoms with Crippen molar-refractivity contribution in [2.75, 3.05) is 13.2 Å². The van der Waals surface area contributed by atoms with Crippen molar-refractivity contribution in [3.63, 3.8) is 0 Å². The molecular formula is C10H16N2O2. The minimum Gasteiger partial charge on any atom is -0.449 e. The molecule has 4 nitrogen and oxygen atoms in total. The zero-order valence-corrected chi connectivity index (χ0v) is 8.75. The second-order valence-electron chi connectivity index (χ2n) is 3.76. The molecule has 0 aliphatic carbocycles. The maximum Gasteiger partial charge on any atom is 0.411 e. The van der Waals surface area contributed by atoms with E-state index < -0.39 is 5.54 Å². The molecule has 1 saturated heterocycles. The van der Waals surface area contributed by atoms with Crippen molar-refractivity contribution < 1.29 is 9.53 Å². The van der Waals surface area contributed by atoms with Crippen LogP contribution < -0.4 is 0 Å². The summed E-state index contributed by atoms with van der Waals surface area (Å²) < 4.78 is 5.02. The van der Waals surface area contributed by atoms with Crippen molar-refractivity contribution in [2.24, 2.45) is 0 Å². The molecule has 0 aromatic rings. The summed E-state index contributed by atoms with van der Waals surface area (Å²) in [5.74, 6) is 0. The van der Waals surface area contributed by atoms with E-state index in [9.17, 15) is 4.79 Å². The molecule has 0 spiro atoms. The number of rotatable bonds is 3. The average Bonchev–Trinajstić information content (AvgIpc) is 2.15. The van der Waals surface area contributed by atoms with Crippen LogP contribution in [0.1, 0.15) is 33.1 Å². The van der Waals surface area contributed by atoms with Gasteiger partial charge in [-0.3, -0.25) is 4.90 Å². The maximum atomic E-state index is 11.4. The fraction of sp³-hybridized carbons (Fsp3) is 0.800. The summed E-state index contributed by atoms with van der Waals surface area (Å²) in [4.78, 5) is 12.9. The first kappa shape index (κ1) is 10.8. The number of likely N-dealkylation sites (tertiary alicyclic amines) is 1. The van der Waals surface area contributed by atoms with Gasteiger partial charge in [0.15, 0.2) is 0 Å². The quantitative estimate of drug-likeness (QED) is 0.648. The van der Waals surface area contributed by atoms with Crippen LogP contribution in [0.3, 0.4) is 0 Å². The highest BCUT2D eigenvalue weighted by Gasteiger charge is 2.44. The molecule has 0 N–H and O–H groups in total. The molecule has 1 unspecified atom stereocenters. The van der Waals surface area contributed by atoms with Crippen LogP contribution in [0, 0.1) is 11.3 Å². The minimum absolute atomic E-state index is 0.353. The standard InChI is InChI=1S/C10H16N2O2/c1-3-4-7-14-9(13)12-6-5-10(12,2)8-11/h3-7H2,1-2H3. The molecular weight excluding hydrogens is 180 g/mol. The van der Waals surface area contributed by atoms with Gasteiger partial charge in [-0.1, -0.05) is 13.3 Å². The van der Waals surface area contributed by atoms with E-state index in [1.165, 1.54) is 4.90 Å². The Bertz CT molecular complexity index is 259. The van der Waals surface area contributed by atoms with Crippen molar-refractivity contribution in [1.82, 2.24) is 4.90 Å². The Balaban J connectivity index is 2.36. The molecule has 1 aliphatic rings. The highest BCUT2D eigenvalue weighted by atomic mass is 16.6. The molecule has 0 radical (unpaired) electrons. The lowest BCUT2D eigenvalue weighted by atomic mass is 9.89. The summed E-state index contributed by atoms with van der Waals surface area (Å²) in [7, 11) is 0. The van der Waals surface area contributed by atoms with Gasteiger partial charge in [0.25, 0.3) is 0 Å². The van der Waals surface area contributed by atoms with Gasteiger partial charge in [-0.05, 0) is 13.3 Å². The number of amides is 1. The van der Waals surface area contributed by atoms with Gasteiger partial charge < -0.3 is 4.74 Å². The number of ether oxygens (including phenoxy) is 1. The zero-order valence-electron chi connectivity index (χ0n) is 8.75. The lowest BCUT2D eigenvalue weighted by Gasteiger charge is -2.44. The lowest BCUT2D eigenvalue weighted by Crippen LogP contribution is -2.59. The first-order valence-electron chi connectivity index (χ1n) is 4.99. The van der Waals surface area contributed by atoms with E-state index in [1.54, 1.807) is 6.92 Å². The maximum absolute atomic E-state index is 11.4. The highest BCUT2D eigenvalue weighted by molar-refractivity contribution is 5.70. The molecule has 1 aliphatic heterocycles. The van der Waals surface area contributed by atoms with Gasteiger partial charge in [-0.25, -0.2) is 4.79 Å². The Hall–Kier alpha value is -1.24. The molecule has 1 fully saturated rings. The largest absolute Gasteiger partial charge is 0.449 e. The van der Waals surface area contributed by atoms with Gasteiger partial charge >= 0.3 is 6.09 Å². The average molecular weight is 196 g/mol. The molecule has 78 valence electrons. The summed E-state index contributed by atoms with van der Waals surface area (Å²) in [6, 6.07) is 2.12. The van der Waals surface area contributed by atoms with Gasteiger partial charge in [0.1, 0.15) is 5.54 Å². The predicted molar refractivity (Wildman–Crippen MR) is 51.6 cm³/mol. The van der Waals surface area contributed by atoms with Crippen molar-refractivity contribution in [1.29, 1.82) is 5.26 Å². The molecule has 14 heavy (non-hydrogen) atoms. The zero-order chi connectivity index (χ0) is 10.6. The van der Waals surface area contributed by atoms with Crippen LogP contribution in [0.4, 0.5) is 4.79 Å². The summed E-state index contributed by atoms with van der Waals surface area (Å²) in [6.45, 7) is 4.89. The predicted octanol–water partition coefficient (Wildman–Crippen LogP) is 1.91. The van der Waals surface area contributed by atoms with Crippen LogP contribution in [-0.2, 0) is 4.74 Å². The number of nitrogens with zero attached hydrogens (tertiary/aromatic N) is 2. The molecule has 1 atom stereocenters. The van der Waals surface area contributed by atoms with Crippen LogP contribution in [0.15, 0.2) is 0 Å². The van der Waals surface area contributed by atoms with Gasteiger partial charge in [0.05, 0.1) is 12.7 Å². The molecule has 0 aromatic carbocycles.